The topological polar surface area (TPSA) is 26.3 Å². The van der Waals surface area contributed by atoms with Crippen molar-refractivity contribution in [3.8, 4) is 0 Å². The molecule has 1 atom stereocenters. The van der Waals surface area contributed by atoms with Gasteiger partial charge in [-0.05, 0) is 32.1 Å². The van der Waals surface area contributed by atoms with Crippen LogP contribution in [0.3, 0.4) is 0 Å². The highest BCUT2D eigenvalue weighted by Gasteiger charge is 2.14. The molecule has 0 aromatic rings. The molecule has 0 bridgehead atoms. The van der Waals surface area contributed by atoms with Crippen LogP contribution in [-0.2, 0) is 9.53 Å². The number of hydrogen-bond donors (Lipinski definition) is 0. The van der Waals surface area contributed by atoms with Crippen molar-refractivity contribution < 1.29 is 9.53 Å². The van der Waals surface area contributed by atoms with Gasteiger partial charge >= 0.3 is 5.97 Å². The molecule has 0 amide bonds. The Morgan fingerprint density at radius 1 is 0.417 bits per heavy atom. The zero-order valence-corrected chi connectivity index (χ0v) is 25.4. The molecule has 0 heterocycles. The Labute approximate surface area is 228 Å². The largest absolute Gasteiger partial charge is 0.462 e. The van der Waals surface area contributed by atoms with Crippen LogP contribution in [0.25, 0.3) is 0 Å². The summed E-state index contributed by atoms with van der Waals surface area (Å²) in [6, 6.07) is 0. The second-order valence-electron chi connectivity index (χ2n) is 11.6. The Kier molecular flexibility index (Phi) is 30.2. The minimum Gasteiger partial charge on any atom is -0.462 e. The standard InChI is InChI=1S/C34H68O2/c1-4-7-10-13-16-17-18-19-20-21-23-26-29-32-34(35)36-33(30-27-24-15-12-9-6-3)31-28-25-22-14-11-8-5-2/h33H,4-32H2,1-3H3. The first-order valence-electron chi connectivity index (χ1n) is 16.9. The molecule has 0 rings (SSSR count). The number of hydrogen-bond acceptors (Lipinski definition) is 2. The molecule has 0 aliphatic carbocycles. The third-order valence-electron chi connectivity index (χ3n) is 7.79. The van der Waals surface area contributed by atoms with E-state index in [1.807, 2.05) is 0 Å². The van der Waals surface area contributed by atoms with Crippen LogP contribution in [0, 0.1) is 0 Å². The van der Waals surface area contributed by atoms with Gasteiger partial charge in [-0.15, -0.1) is 0 Å². The van der Waals surface area contributed by atoms with Crippen molar-refractivity contribution in [2.75, 3.05) is 0 Å². The fourth-order valence-corrected chi connectivity index (χ4v) is 5.28. The van der Waals surface area contributed by atoms with Crippen molar-refractivity contribution in [1.82, 2.24) is 0 Å². The Balaban J connectivity index is 3.86. The van der Waals surface area contributed by atoms with Crippen LogP contribution in [0.4, 0.5) is 0 Å². The van der Waals surface area contributed by atoms with Crippen molar-refractivity contribution in [2.45, 2.75) is 213 Å². The molecule has 0 spiro atoms. The maximum Gasteiger partial charge on any atom is 0.306 e. The molecule has 2 heteroatoms. The third kappa shape index (κ3) is 28.0. The van der Waals surface area contributed by atoms with Gasteiger partial charge in [0, 0.05) is 6.42 Å². The summed E-state index contributed by atoms with van der Waals surface area (Å²) in [4.78, 5) is 12.5. The number of carbonyl (C=O) groups is 1. The molecule has 0 aromatic carbocycles. The molecule has 0 aromatic heterocycles. The zero-order chi connectivity index (χ0) is 26.4. The molecular formula is C34H68O2. The highest BCUT2D eigenvalue weighted by molar-refractivity contribution is 5.69. The summed E-state index contributed by atoms with van der Waals surface area (Å²) in [5.41, 5.74) is 0. The second kappa shape index (κ2) is 30.7. The maximum absolute atomic E-state index is 12.5. The highest BCUT2D eigenvalue weighted by atomic mass is 16.5. The lowest BCUT2D eigenvalue weighted by molar-refractivity contribution is -0.150. The Hall–Kier alpha value is -0.530. The average Bonchev–Trinajstić information content (AvgIpc) is 2.88. The predicted molar refractivity (Wildman–Crippen MR) is 161 cm³/mol. The Morgan fingerprint density at radius 2 is 0.694 bits per heavy atom. The minimum absolute atomic E-state index is 0.0667. The van der Waals surface area contributed by atoms with E-state index in [9.17, 15) is 4.79 Å². The van der Waals surface area contributed by atoms with E-state index in [1.54, 1.807) is 0 Å². The van der Waals surface area contributed by atoms with Crippen LogP contribution in [0.5, 0.6) is 0 Å². The highest BCUT2D eigenvalue weighted by Crippen LogP contribution is 2.19. The normalized spacial score (nSPS) is 12.2. The van der Waals surface area contributed by atoms with Crippen LogP contribution >= 0.6 is 0 Å². The molecule has 36 heavy (non-hydrogen) atoms. The molecule has 216 valence electrons. The van der Waals surface area contributed by atoms with Gasteiger partial charge in [-0.1, -0.05) is 168 Å². The van der Waals surface area contributed by atoms with Crippen LogP contribution < -0.4 is 0 Å². The molecule has 1 unspecified atom stereocenters. The van der Waals surface area contributed by atoms with E-state index in [0.29, 0.717) is 6.42 Å². The van der Waals surface area contributed by atoms with Crippen molar-refractivity contribution in [2.24, 2.45) is 0 Å². The number of unbranched alkanes of at least 4 members (excludes halogenated alkanes) is 23. The van der Waals surface area contributed by atoms with Gasteiger partial charge in [0.2, 0.25) is 0 Å². The van der Waals surface area contributed by atoms with Crippen LogP contribution in [0.1, 0.15) is 207 Å². The van der Waals surface area contributed by atoms with E-state index in [2.05, 4.69) is 20.8 Å². The molecule has 0 N–H and O–H groups in total. The van der Waals surface area contributed by atoms with Gasteiger partial charge in [0.15, 0.2) is 0 Å². The first kappa shape index (κ1) is 35.5. The summed E-state index contributed by atoms with van der Waals surface area (Å²) in [5, 5.41) is 0. The van der Waals surface area contributed by atoms with Crippen LogP contribution in [0.15, 0.2) is 0 Å². The van der Waals surface area contributed by atoms with E-state index < -0.39 is 0 Å². The van der Waals surface area contributed by atoms with E-state index in [1.165, 1.54) is 161 Å². The van der Waals surface area contributed by atoms with Gasteiger partial charge in [-0.25, -0.2) is 0 Å². The SMILES string of the molecule is CCCCCCCCCCCCCCCC(=O)OC(CCCCCCCC)CCCCCCCCC. The summed E-state index contributed by atoms with van der Waals surface area (Å²) >= 11 is 0. The number of rotatable bonds is 30. The molecule has 0 aliphatic rings. The number of carbonyl (C=O) groups excluding carboxylic acids is 1. The predicted octanol–water partition coefficient (Wildman–Crippen LogP) is 12.3. The van der Waals surface area contributed by atoms with Gasteiger partial charge in [0.1, 0.15) is 6.10 Å². The van der Waals surface area contributed by atoms with E-state index >= 15 is 0 Å². The molecular weight excluding hydrogens is 440 g/mol. The van der Waals surface area contributed by atoms with Crippen LogP contribution in [-0.4, -0.2) is 12.1 Å². The van der Waals surface area contributed by atoms with Crippen molar-refractivity contribution in [3.05, 3.63) is 0 Å². The first-order valence-corrected chi connectivity index (χ1v) is 16.9. The summed E-state index contributed by atoms with van der Waals surface area (Å²) in [6.07, 6.45) is 37.6. The number of ether oxygens (including phenoxy) is 1. The summed E-state index contributed by atoms with van der Waals surface area (Å²) in [6.45, 7) is 6.84. The second-order valence-corrected chi connectivity index (χ2v) is 11.6. The Morgan fingerprint density at radius 3 is 1.03 bits per heavy atom. The van der Waals surface area contributed by atoms with Gasteiger partial charge in [-0.2, -0.15) is 0 Å². The summed E-state index contributed by atoms with van der Waals surface area (Å²) < 4.78 is 5.99. The van der Waals surface area contributed by atoms with Gasteiger partial charge in [-0.3, -0.25) is 4.79 Å². The molecule has 2 nitrogen and oxygen atoms in total. The lowest BCUT2D eigenvalue weighted by Crippen LogP contribution is -2.18. The zero-order valence-electron chi connectivity index (χ0n) is 25.4. The molecule has 0 fully saturated rings. The third-order valence-corrected chi connectivity index (χ3v) is 7.79. The quantitative estimate of drug-likeness (QED) is 0.0712. The Bertz CT molecular complexity index is 419. The number of esters is 1. The first-order chi connectivity index (χ1) is 17.7. The molecule has 0 aliphatic heterocycles. The summed E-state index contributed by atoms with van der Waals surface area (Å²) in [7, 11) is 0. The van der Waals surface area contributed by atoms with Gasteiger partial charge in [0.05, 0.1) is 0 Å². The molecule has 0 radical (unpaired) electrons. The molecule has 0 saturated heterocycles. The van der Waals surface area contributed by atoms with Crippen LogP contribution in [0.2, 0.25) is 0 Å². The fraction of sp³-hybridized carbons (Fsp3) is 0.971. The van der Waals surface area contributed by atoms with Gasteiger partial charge < -0.3 is 4.74 Å². The van der Waals surface area contributed by atoms with Crippen molar-refractivity contribution >= 4 is 5.97 Å². The van der Waals surface area contributed by atoms with Crippen molar-refractivity contribution in [3.63, 3.8) is 0 Å². The lowest BCUT2D eigenvalue weighted by Gasteiger charge is -2.18. The van der Waals surface area contributed by atoms with E-state index in [0.717, 1.165) is 19.3 Å². The average molecular weight is 509 g/mol. The summed E-state index contributed by atoms with van der Waals surface area (Å²) in [5.74, 6) is 0.0667. The minimum atomic E-state index is 0.0667. The van der Waals surface area contributed by atoms with E-state index in [-0.39, 0.29) is 12.1 Å². The van der Waals surface area contributed by atoms with Gasteiger partial charge in [0.25, 0.3) is 0 Å². The monoisotopic (exact) mass is 509 g/mol. The smallest absolute Gasteiger partial charge is 0.306 e. The lowest BCUT2D eigenvalue weighted by atomic mass is 10.0. The van der Waals surface area contributed by atoms with E-state index in [4.69, 9.17) is 4.74 Å². The maximum atomic E-state index is 12.5. The molecule has 0 saturated carbocycles. The van der Waals surface area contributed by atoms with Crippen molar-refractivity contribution in [1.29, 1.82) is 0 Å². The fourth-order valence-electron chi connectivity index (χ4n) is 5.28.